The molecule has 0 aliphatic heterocycles. The molecule has 68 valence electrons. The van der Waals surface area contributed by atoms with E-state index in [1.165, 1.54) is 0 Å². The molecule has 1 aliphatic carbocycles. The summed E-state index contributed by atoms with van der Waals surface area (Å²) in [4.78, 5) is 10.6. The van der Waals surface area contributed by atoms with Crippen LogP contribution in [0, 0.1) is 5.92 Å². The Hall–Kier alpha value is -1.02. The lowest BCUT2D eigenvalue weighted by Crippen LogP contribution is -1.98. The number of hydrogen-bond acceptors (Lipinski definition) is 1. The van der Waals surface area contributed by atoms with Crippen molar-refractivity contribution in [2.45, 2.75) is 12.3 Å². The standard InChI is InChI=1S/C10H9ClO2/c11-7-3-1-2-6(4-7)8-5-9(8)10(12)13/h1-4,8-9H,5H2,(H,12,13). The minimum atomic E-state index is -0.704. The Labute approximate surface area is 81.1 Å². The first-order valence-corrected chi connectivity index (χ1v) is 4.54. The third-order valence-corrected chi connectivity index (χ3v) is 2.62. The number of hydrogen-bond donors (Lipinski definition) is 1. The zero-order valence-electron chi connectivity index (χ0n) is 6.90. The summed E-state index contributed by atoms with van der Waals surface area (Å²) in [5.41, 5.74) is 1.04. The lowest BCUT2D eigenvalue weighted by atomic mass is 10.1. The first-order chi connectivity index (χ1) is 6.18. The van der Waals surface area contributed by atoms with Crippen LogP contribution in [-0.2, 0) is 4.79 Å². The fourth-order valence-electron chi connectivity index (χ4n) is 1.57. The normalized spacial score (nSPS) is 25.6. The maximum atomic E-state index is 10.6. The molecule has 0 radical (unpaired) electrons. The average molecular weight is 197 g/mol. The molecule has 0 spiro atoms. The van der Waals surface area contributed by atoms with Gasteiger partial charge in [0.05, 0.1) is 5.92 Å². The van der Waals surface area contributed by atoms with Gasteiger partial charge in [0.15, 0.2) is 0 Å². The van der Waals surface area contributed by atoms with Crippen LogP contribution in [0.15, 0.2) is 24.3 Å². The molecule has 1 N–H and O–H groups in total. The third-order valence-electron chi connectivity index (χ3n) is 2.38. The van der Waals surface area contributed by atoms with Gasteiger partial charge >= 0.3 is 5.97 Å². The molecule has 2 rings (SSSR count). The summed E-state index contributed by atoms with van der Waals surface area (Å²) in [5.74, 6) is -0.723. The van der Waals surface area contributed by atoms with Crippen LogP contribution in [0.25, 0.3) is 0 Å². The van der Waals surface area contributed by atoms with Crippen molar-refractivity contribution in [3.05, 3.63) is 34.9 Å². The van der Waals surface area contributed by atoms with Gasteiger partial charge in [-0.15, -0.1) is 0 Å². The summed E-state index contributed by atoms with van der Waals surface area (Å²) >= 11 is 5.80. The minimum absolute atomic E-state index is 0.177. The SMILES string of the molecule is O=C(O)C1CC1c1cccc(Cl)c1. The Morgan fingerprint density at radius 2 is 2.31 bits per heavy atom. The molecular weight excluding hydrogens is 188 g/mol. The highest BCUT2D eigenvalue weighted by molar-refractivity contribution is 6.30. The molecule has 0 bridgehead atoms. The topological polar surface area (TPSA) is 37.3 Å². The molecule has 0 amide bonds. The van der Waals surface area contributed by atoms with Crippen molar-refractivity contribution in [3.63, 3.8) is 0 Å². The van der Waals surface area contributed by atoms with Gasteiger partial charge < -0.3 is 5.11 Å². The average Bonchev–Trinajstić information content (AvgIpc) is 2.82. The third kappa shape index (κ3) is 1.68. The van der Waals surface area contributed by atoms with Crippen molar-refractivity contribution >= 4 is 17.6 Å². The molecule has 1 saturated carbocycles. The van der Waals surface area contributed by atoms with Crippen molar-refractivity contribution in [3.8, 4) is 0 Å². The predicted molar refractivity (Wildman–Crippen MR) is 49.9 cm³/mol. The number of rotatable bonds is 2. The van der Waals surface area contributed by atoms with Gasteiger partial charge in [0.25, 0.3) is 0 Å². The molecule has 1 aromatic rings. The van der Waals surface area contributed by atoms with E-state index < -0.39 is 5.97 Å². The minimum Gasteiger partial charge on any atom is -0.481 e. The van der Waals surface area contributed by atoms with Gasteiger partial charge in [-0.2, -0.15) is 0 Å². The van der Waals surface area contributed by atoms with E-state index in [2.05, 4.69) is 0 Å². The highest BCUT2D eigenvalue weighted by Crippen LogP contribution is 2.47. The molecular formula is C10H9ClO2. The molecule has 3 heteroatoms. The molecule has 2 nitrogen and oxygen atoms in total. The summed E-state index contributed by atoms with van der Waals surface area (Å²) in [6, 6.07) is 7.42. The Kier molecular flexibility index (Phi) is 2.00. The fraction of sp³-hybridized carbons (Fsp3) is 0.300. The maximum absolute atomic E-state index is 10.6. The molecule has 0 saturated heterocycles. The molecule has 1 aliphatic rings. The number of benzene rings is 1. The molecule has 0 heterocycles. The van der Waals surface area contributed by atoms with Crippen LogP contribution >= 0.6 is 11.6 Å². The highest BCUT2D eigenvalue weighted by Gasteiger charge is 2.44. The van der Waals surface area contributed by atoms with E-state index in [4.69, 9.17) is 16.7 Å². The Morgan fingerprint density at radius 1 is 1.54 bits per heavy atom. The van der Waals surface area contributed by atoms with Crippen molar-refractivity contribution in [1.29, 1.82) is 0 Å². The van der Waals surface area contributed by atoms with Crippen LogP contribution in [0.5, 0.6) is 0 Å². The van der Waals surface area contributed by atoms with Crippen LogP contribution in [0.4, 0.5) is 0 Å². The van der Waals surface area contributed by atoms with Gasteiger partial charge in [-0.1, -0.05) is 23.7 Å². The monoisotopic (exact) mass is 196 g/mol. The second-order valence-electron chi connectivity index (χ2n) is 3.34. The van der Waals surface area contributed by atoms with Gasteiger partial charge in [0.1, 0.15) is 0 Å². The van der Waals surface area contributed by atoms with E-state index in [-0.39, 0.29) is 11.8 Å². The molecule has 2 atom stereocenters. The van der Waals surface area contributed by atoms with Crippen LogP contribution in [-0.4, -0.2) is 11.1 Å². The number of halogens is 1. The number of carboxylic acids is 1. The summed E-state index contributed by atoms with van der Waals surface area (Å²) in [7, 11) is 0. The van der Waals surface area contributed by atoms with E-state index in [0.29, 0.717) is 5.02 Å². The zero-order chi connectivity index (χ0) is 9.42. The lowest BCUT2D eigenvalue weighted by molar-refractivity contribution is -0.138. The number of carbonyl (C=O) groups is 1. The Balaban J connectivity index is 2.16. The van der Waals surface area contributed by atoms with E-state index >= 15 is 0 Å². The van der Waals surface area contributed by atoms with Crippen molar-refractivity contribution < 1.29 is 9.90 Å². The first kappa shape index (κ1) is 8.57. The zero-order valence-corrected chi connectivity index (χ0v) is 7.66. The Bertz CT molecular complexity index is 349. The van der Waals surface area contributed by atoms with E-state index in [1.807, 2.05) is 18.2 Å². The number of carboxylic acid groups (broad SMARTS) is 1. The van der Waals surface area contributed by atoms with Gasteiger partial charge in [-0.05, 0) is 30.0 Å². The largest absolute Gasteiger partial charge is 0.481 e. The van der Waals surface area contributed by atoms with E-state index in [9.17, 15) is 4.79 Å². The predicted octanol–water partition coefficient (Wildman–Crippen LogP) is 2.53. The van der Waals surface area contributed by atoms with E-state index in [1.54, 1.807) is 6.07 Å². The first-order valence-electron chi connectivity index (χ1n) is 4.17. The molecule has 1 aromatic carbocycles. The van der Waals surface area contributed by atoms with Crippen molar-refractivity contribution in [2.24, 2.45) is 5.92 Å². The van der Waals surface area contributed by atoms with Gasteiger partial charge in [-0.3, -0.25) is 4.79 Å². The molecule has 0 aromatic heterocycles. The van der Waals surface area contributed by atoms with Crippen LogP contribution in [0.1, 0.15) is 17.9 Å². The molecule has 2 unspecified atom stereocenters. The molecule has 1 fully saturated rings. The second-order valence-corrected chi connectivity index (χ2v) is 3.78. The fourth-order valence-corrected chi connectivity index (χ4v) is 1.77. The van der Waals surface area contributed by atoms with Gasteiger partial charge in [0.2, 0.25) is 0 Å². The van der Waals surface area contributed by atoms with Gasteiger partial charge in [0, 0.05) is 5.02 Å². The Morgan fingerprint density at radius 3 is 2.85 bits per heavy atom. The van der Waals surface area contributed by atoms with Crippen LogP contribution in [0.3, 0.4) is 0 Å². The lowest BCUT2D eigenvalue weighted by Gasteiger charge is -1.98. The number of aliphatic carboxylic acids is 1. The van der Waals surface area contributed by atoms with Crippen LogP contribution < -0.4 is 0 Å². The van der Waals surface area contributed by atoms with Crippen LogP contribution in [0.2, 0.25) is 5.02 Å². The summed E-state index contributed by atoms with van der Waals surface area (Å²) in [5, 5.41) is 9.40. The summed E-state index contributed by atoms with van der Waals surface area (Å²) < 4.78 is 0. The van der Waals surface area contributed by atoms with Crippen molar-refractivity contribution in [1.82, 2.24) is 0 Å². The quantitative estimate of drug-likeness (QED) is 0.789. The second kappa shape index (κ2) is 3.04. The summed E-state index contributed by atoms with van der Waals surface area (Å²) in [6.07, 6.45) is 0.746. The highest BCUT2D eigenvalue weighted by atomic mass is 35.5. The molecule has 13 heavy (non-hydrogen) atoms. The van der Waals surface area contributed by atoms with Crippen molar-refractivity contribution in [2.75, 3.05) is 0 Å². The summed E-state index contributed by atoms with van der Waals surface area (Å²) in [6.45, 7) is 0. The maximum Gasteiger partial charge on any atom is 0.307 e. The smallest absolute Gasteiger partial charge is 0.307 e. The van der Waals surface area contributed by atoms with E-state index in [0.717, 1.165) is 12.0 Å². The van der Waals surface area contributed by atoms with Gasteiger partial charge in [-0.25, -0.2) is 0 Å².